The average Bonchev–Trinajstić information content (AvgIpc) is 2.25. The zero-order chi connectivity index (χ0) is 13.8. The molecule has 100 valence electrons. The van der Waals surface area contributed by atoms with Gasteiger partial charge in [-0.2, -0.15) is 0 Å². The smallest absolute Gasteiger partial charge is 0.324 e. The summed E-state index contributed by atoms with van der Waals surface area (Å²) in [4.78, 5) is 28.9. The van der Waals surface area contributed by atoms with Gasteiger partial charge in [-0.05, 0) is 20.8 Å². The fourth-order valence-electron chi connectivity index (χ4n) is 1.44. The molecular formula is C11H17N3O3S. The summed E-state index contributed by atoms with van der Waals surface area (Å²) >= 11 is 1.20. The third kappa shape index (κ3) is 4.15. The molecule has 6 nitrogen and oxygen atoms in total. The van der Waals surface area contributed by atoms with Crippen LogP contribution in [0.2, 0.25) is 0 Å². The summed E-state index contributed by atoms with van der Waals surface area (Å²) in [6, 6.07) is 1.36. The molecule has 0 saturated carbocycles. The predicted octanol–water partition coefficient (Wildman–Crippen LogP) is 0.703. The second-order valence-electron chi connectivity index (χ2n) is 4.46. The Bertz CT molecular complexity index is 475. The van der Waals surface area contributed by atoms with Crippen molar-refractivity contribution in [2.24, 2.45) is 0 Å². The molecule has 0 radical (unpaired) electrons. The number of nitrogens with one attached hydrogen (secondary N) is 2. The van der Waals surface area contributed by atoms with Gasteiger partial charge in [-0.25, -0.2) is 4.98 Å². The quantitative estimate of drug-likeness (QED) is 0.521. The van der Waals surface area contributed by atoms with Crippen LogP contribution < -0.4 is 10.9 Å². The molecule has 0 aliphatic rings. The van der Waals surface area contributed by atoms with E-state index in [-0.39, 0.29) is 17.4 Å². The van der Waals surface area contributed by atoms with Crippen molar-refractivity contribution in [3.05, 3.63) is 22.6 Å². The first-order valence-corrected chi connectivity index (χ1v) is 6.51. The van der Waals surface area contributed by atoms with Gasteiger partial charge in [-0.3, -0.25) is 14.9 Å². The van der Waals surface area contributed by atoms with Gasteiger partial charge in [-0.15, -0.1) is 0 Å². The Morgan fingerprint density at radius 2 is 2.33 bits per heavy atom. The van der Waals surface area contributed by atoms with E-state index in [1.54, 1.807) is 6.92 Å². The Morgan fingerprint density at radius 1 is 1.67 bits per heavy atom. The molecule has 1 aromatic heterocycles. The third-order valence-corrected chi connectivity index (χ3v) is 3.43. The molecule has 0 saturated heterocycles. The number of rotatable bonds is 6. The van der Waals surface area contributed by atoms with Crippen molar-refractivity contribution in [1.29, 1.82) is 0 Å². The van der Waals surface area contributed by atoms with Gasteiger partial charge in [0.05, 0.1) is 0 Å². The van der Waals surface area contributed by atoms with Crippen LogP contribution in [0.5, 0.6) is 0 Å². The van der Waals surface area contributed by atoms with Crippen molar-refractivity contribution in [3.8, 4) is 0 Å². The molecule has 0 amide bonds. The van der Waals surface area contributed by atoms with Crippen LogP contribution in [0, 0.1) is 0 Å². The maximum absolute atomic E-state index is 11.3. The van der Waals surface area contributed by atoms with E-state index in [0.717, 1.165) is 0 Å². The molecule has 0 bridgehead atoms. The number of H-pyrrole nitrogens is 1. The molecule has 1 aromatic rings. The van der Waals surface area contributed by atoms with Crippen molar-refractivity contribution in [2.75, 3.05) is 5.75 Å². The van der Waals surface area contributed by atoms with Gasteiger partial charge in [0.25, 0.3) is 5.56 Å². The van der Waals surface area contributed by atoms with E-state index in [2.05, 4.69) is 15.3 Å². The summed E-state index contributed by atoms with van der Waals surface area (Å²) in [5, 5.41) is 12.7. The minimum absolute atomic E-state index is 0.0504. The van der Waals surface area contributed by atoms with Crippen LogP contribution in [-0.2, 0) is 4.79 Å². The van der Waals surface area contributed by atoms with E-state index in [0.29, 0.717) is 5.16 Å². The van der Waals surface area contributed by atoms with Gasteiger partial charge in [0.1, 0.15) is 5.54 Å². The maximum atomic E-state index is 11.3. The number of carboxylic acids is 1. The number of thioether (sulfide) groups is 1. The number of aromatic amines is 1. The van der Waals surface area contributed by atoms with Crippen LogP contribution in [0.15, 0.2) is 22.2 Å². The molecule has 1 atom stereocenters. The minimum atomic E-state index is -1.06. The molecule has 0 aliphatic carbocycles. The zero-order valence-electron chi connectivity index (χ0n) is 10.6. The van der Waals surface area contributed by atoms with E-state index < -0.39 is 11.5 Å². The average molecular weight is 271 g/mol. The molecule has 1 rings (SSSR count). The van der Waals surface area contributed by atoms with Crippen LogP contribution in [0.1, 0.15) is 20.8 Å². The fourth-order valence-corrected chi connectivity index (χ4v) is 2.38. The third-order valence-electron chi connectivity index (χ3n) is 2.22. The monoisotopic (exact) mass is 271 g/mol. The molecule has 1 heterocycles. The van der Waals surface area contributed by atoms with Gasteiger partial charge in [0, 0.05) is 24.1 Å². The van der Waals surface area contributed by atoms with E-state index in [1.165, 1.54) is 24.0 Å². The molecule has 0 aromatic carbocycles. The Morgan fingerprint density at radius 3 is 2.83 bits per heavy atom. The number of nitrogens with zero attached hydrogens (tertiary/aromatic N) is 1. The first-order valence-electron chi connectivity index (χ1n) is 5.53. The topological polar surface area (TPSA) is 95.1 Å². The molecule has 18 heavy (non-hydrogen) atoms. The standard InChI is InChI=1S/C11H17N3O3S/c1-7(2)14-11(3,9(16)17)6-18-10-12-5-4-8(15)13-10/h4-5,7,14H,6H2,1-3H3,(H,16,17)(H,12,13,15). The highest BCUT2D eigenvalue weighted by Crippen LogP contribution is 2.19. The largest absolute Gasteiger partial charge is 0.480 e. The first-order chi connectivity index (χ1) is 8.33. The Hall–Kier alpha value is -1.34. The zero-order valence-corrected chi connectivity index (χ0v) is 11.4. The summed E-state index contributed by atoms with van der Waals surface area (Å²) in [6.07, 6.45) is 1.40. The summed E-state index contributed by atoms with van der Waals surface area (Å²) in [5.74, 6) is -0.657. The number of aliphatic carboxylic acids is 1. The lowest BCUT2D eigenvalue weighted by molar-refractivity contribution is -0.143. The summed E-state index contributed by atoms with van der Waals surface area (Å²) in [7, 11) is 0. The Kier molecular flexibility index (Phi) is 4.92. The highest BCUT2D eigenvalue weighted by molar-refractivity contribution is 7.99. The summed E-state index contributed by atoms with van der Waals surface area (Å²) in [6.45, 7) is 5.38. The van der Waals surface area contributed by atoms with Crippen LogP contribution in [0.25, 0.3) is 0 Å². The summed E-state index contributed by atoms with van der Waals surface area (Å²) < 4.78 is 0. The second-order valence-corrected chi connectivity index (χ2v) is 5.43. The molecule has 3 N–H and O–H groups in total. The predicted molar refractivity (Wildman–Crippen MR) is 69.9 cm³/mol. The minimum Gasteiger partial charge on any atom is -0.480 e. The number of aromatic nitrogens is 2. The van der Waals surface area contributed by atoms with Crippen molar-refractivity contribution in [3.63, 3.8) is 0 Å². The highest BCUT2D eigenvalue weighted by Gasteiger charge is 2.33. The molecule has 0 aliphatic heterocycles. The van der Waals surface area contributed by atoms with Crippen LogP contribution in [0.3, 0.4) is 0 Å². The first kappa shape index (κ1) is 14.7. The van der Waals surface area contributed by atoms with Gasteiger partial charge in [-0.1, -0.05) is 11.8 Å². The van der Waals surface area contributed by atoms with E-state index in [1.807, 2.05) is 13.8 Å². The van der Waals surface area contributed by atoms with E-state index in [9.17, 15) is 14.7 Å². The fraction of sp³-hybridized carbons (Fsp3) is 0.545. The lowest BCUT2D eigenvalue weighted by Gasteiger charge is -2.27. The van der Waals surface area contributed by atoms with Crippen molar-refractivity contribution in [1.82, 2.24) is 15.3 Å². The Balaban J connectivity index is 2.74. The Labute approximate surface area is 109 Å². The van der Waals surface area contributed by atoms with Crippen LogP contribution in [-0.4, -0.2) is 38.4 Å². The molecule has 0 spiro atoms. The van der Waals surface area contributed by atoms with Crippen LogP contribution >= 0.6 is 11.8 Å². The lowest BCUT2D eigenvalue weighted by Crippen LogP contribution is -2.54. The molecular weight excluding hydrogens is 254 g/mol. The SMILES string of the molecule is CC(C)NC(C)(CSc1nccc(=O)[nH]1)C(=O)O. The van der Waals surface area contributed by atoms with Crippen molar-refractivity contribution < 1.29 is 9.90 Å². The molecule has 7 heteroatoms. The number of hydrogen-bond donors (Lipinski definition) is 3. The lowest BCUT2D eigenvalue weighted by atomic mass is 10.1. The summed E-state index contributed by atoms with van der Waals surface area (Å²) in [5.41, 5.74) is -1.31. The highest BCUT2D eigenvalue weighted by atomic mass is 32.2. The molecule has 0 fully saturated rings. The molecule has 1 unspecified atom stereocenters. The number of hydrogen-bond acceptors (Lipinski definition) is 5. The van der Waals surface area contributed by atoms with E-state index >= 15 is 0 Å². The van der Waals surface area contributed by atoms with Crippen molar-refractivity contribution in [2.45, 2.75) is 37.5 Å². The maximum Gasteiger partial charge on any atom is 0.324 e. The van der Waals surface area contributed by atoms with Gasteiger partial charge in [0.15, 0.2) is 5.16 Å². The van der Waals surface area contributed by atoms with Crippen LogP contribution in [0.4, 0.5) is 0 Å². The van der Waals surface area contributed by atoms with E-state index in [4.69, 9.17) is 0 Å². The normalized spacial score (nSPS) is 14.4. The number of carboxylic acid groups (broad SMARTS) is 1. The van der Waals surface area contributed by atoms with Gasteiger partial charge < -0.3 is 10.1 Å². The van der Waals surface area contributed by atoms with Gasteiger partial charge >= 0.3 is 5.97 Å². The van der Waals surface area contributed by atoms with Crippen molar-refractivity contribution >= 4 is 17.7 Å². The second kappa shape index (κ2) is 6.01. The van der Waals surface area contributed by atoms with Gasteiger partial charge in [0.2, 0.25) is 0 Å². The number of carbonyl (C=O) groups is 1.